The number of rotatable bonds is 1. The van der Waals surface area contributed by atoms with E-state index < -0.39 is 5.60 Å². The maximum absolute atomic E-state index is 12.6. The molecule has 0 aromatic carbocycles. The topological polar surface area (TPSA) is 72.6 Å². The Bertz CT molecular complexity index is 762. The monoisotopic (exact) mass is 331 g/mol. The molecule has 1 saturated heterocycles. The lowest BCUT2D eigenvalue weighted by Crippen LogP contribution is -2.42. The molecule has 3 rings (SSSR count). The van der Waals surface area contributed by atoms with Crippen LogP contribution in [0.25, 0.3) is 5.78 Å². The number of carbonyl (C=O) groups is 1. The zero-order chi connectivity index (χ0) is 17.5. The van der Waals surface area contributed by atoms with Crippen LogP contribution in [0.15, 0.2) is 6.07 Å². The smallest absolute Gasteiger partial charge is 0.410 e. The van der Waals surface area contributed by atoms with Crippen LogP contribution in [-0.4, -0.2) is 42.7 Å². The van der Waals surface area contributed by atoms with Crippen LogP contribution in [0, 0.1) is 13.8 Å². The molecule has 0 N–H and O–H groups in total. The van der Waals surface area contributed by atoms with Gasteiger partial charge in [-0.3, -0.25) is 4.90 Å². The molecule has 0 aliphatic carbocycles. The Morgan fingerprint density at radius 1 is 1.25 bits per heavy atom. The predicted octanol–water partition coefficient (Wildman–Crippen LogP) is 3.20. The summed E-state index contributed by atoms with van der Waals surface area (Å²) >= 11 is 0. The predicted molar refractivity (Wildman–Crippen MR) is 89.8 cm³/mol. The maximum atomic E-state index is 12.6. The minimum atomic E-state index is -0.513. The van der Waals surface area contributed by atoms with Crippen molar-refractivity contribution in [2.45, 2.75) is 65.5 Å². The van der Waals surface area contributed by atoms with Crippen molar-refractivity contribution in [1.82, 2.24) is 24.5 Å². The summed E-state index contributed by atoms with van der Waals surface area (Å²) in [5.74, 6) is 1.22. The second-order valence-corrected chi connectivity index (χ2v) is 7.41. The standard InChI is InChI=1S/C17H25N5O2/c1-11-10-12(2)22-15(18-11)19-14(20-22)13-8-6-7-9-21(13)16(23)24-17(3,4)5/h10,13H,6-9H2,1-5H3. The molecule has 1 aliphatic rings. The number of ether oxygens (including phenoxy) is 1. The highest BCUT2D eigenvalue weighted by Gasteiger charge is 2.34. The molecule has 0 saturated carbocycles. The first kappa shape index (κ1) is 16.7. The third-order valence-electron chi connectivity index (χ3n) is 4.06. The lowest BCUT2D eigenvalue weighted by Gasteiger charge is -2.35. The van der Waals surface area contributed by atoms with Gasteiger partial charge in [0.15, 0.2) is 5.82 Å². The summed E-state index contributed by atoms with van der Waals surface area (Å²) in [7, 11) is 0. The van der Waals surface area contributed by atoms with Crippen molar-refractivity contribution in [3.63, 3.8) is 0 Å². The average Bonchev–Trinajstić information content (AvgIpc) is 2.89. The Labute approximate surface area is 142 Å². The van der Waals surface area contributed by atoms with E-state index in [-0.39, 0.29) is 12.1 Å². The van der Waals surface area contributed by atoms with Crippen molar-refractivity contribution in [3.8, 4) is 0 Å². The maximum Gasteiger partial charge on any atom is 0.410 e. The van der Waals surface area contributed by atoms with E-state index >= 15 is 0 Å². The van der Waals surface area contributed by atoms with Gasteiger partial charge in [0.1, 0.15) is 5.60 Å². The van der Waals surface area contributed by atoms with Crippen molar-refractivity contribution in [2.75, 3.05) is 6.54 Å². The van der Waals surface area contributed by atoms with Gasteiger partial charge in [-0.2, -0.15) is 4.98 Å². The Morgan fingerprint density at radius 3 is 2.71 bits per heavy atom. The molecule has 0 spiro atoms. The van der Waals surface area contributed by atoms with E-state index in [4.69, 9.17) is 4.74 Å². The lowest BCUT2D eigenvalue weighted by atomic mass is 10.0. The second kappa shape index (κ2) is 6.03. The fourth-order valence-corrected chi connectivity index (χ4v) is 3.06. The van der Waals surface area contributed by atoms with Gasteiger partial charge < -0.3 is 4.74 Å². The number of likely N-dealkylation sites (tertiary alicyclic amines) is 1. The average molecular weight is 331 g/mol. The van der Waals surface area contributed by atoms with Crippen LogP contribution in [0.4, 0.5) is 4.79 Å². The number of nitrogens with zero attached hydrogens (tertiary/aromatic N) is 5. The molecule has 1 unspecified atom stereocenters. The van der Waals surface area contributed by atoms with Gasteiger partial charge in [0.25, 0.3) is 5.78 Å². The van der Waals surface area contributed by atoms with E-state index in [1.54, 1.807) is 9.42 Å². The van der Waals surface area contributed by atoms with Gasteiger partial charge in [0, 0.05) is 17.9 Å². The molecule has 3 heterocycles. The summed E-state index contributed by atoms with van der Waals surface area (Å²) < 4.78 is 7.30. The molecule has 1 amide bonds. The molecule has 130 valence electrons. The number of aryl methyl sites for hydroxylation is 2. The van der Waals surface area contributed by atoms with E-state index in [1.807, 2.05) is 40.7 Å². The lowest BCUT2D eigenvalue weighted by molar-refractivity contribution is 0.00847. The first-order valence-electron chi connectivity index (χ1n) is 8.45. The van der Waals surface area contributed by atoms with Crippen molar-refractivity contribution in [2.24, 2.45) is 0 Å². The zero-order valence-electron chi connectivity index (χ0n) is 15.0. The molecule has 1 aliphatic heterocycles. The second-order valence-electron chi connectivity index (χ2n) is 7.41. The van der Waals surface area contributed by atoms with Gasteiger partial charge in [-0.15, -0.1) is 5.10 Å². The molecule has 7 heteroatoms. The first-order valence-corrected chi connectivity index (χ1v) is 8.45. The van der Waals surface area contributed by atoms with Crippen LogP contribution in [0.1, 0.15) is 63.3 Å². The Hall–Kier alpha value is -2.18. The van der Waals surface area contributed by atoms with Crippen LogP contribution < -0.4 is 0 Å². The minimum Gasteiger partial charge on any atom is -0.444 e. The van der Waals surface area contributed by atoms with Crippen molar-refractivity contribution in [3.05, 3.63) is 23.3 Å². The van der Waals surface area contributed by atoms with Gasteiger partial charge in [-0.25, -0.2) is 14.3 Å². The first-order chi connectivity index (χ1) is 11.2. The van der Waals surface area contributed by atoms with E-state index in [0.29, 0.717) is 18.1 Å². The number of aromatic nitrogens is 4. The normalized spacial score (nSPS) is 18.9. The number of fused-ring (bicyclic) bond motifs is 1. The largest absolute Gasteiger partial charge is 0.444 e. The Balaban J connectivity index is 1.93. The third kappa shape index (κ3) is 3.34. The quantitative estimate of drug-likeness (QED) is 0.802. The van der Waals surface area contributed by atoms with Gasteiger partial charge in [-0.1, -0.05) is 0 Å². The van der Waals surface area contributed by atoms with Gasteiger partial charge in [-0.05, 0) is 59.9 Å². The summed E-state index contributed by atoms with van der Waals surface area (Å²) in [6.45, 7) is 10.2. The van der Waals surface area contributed by atoms with Crippen LogP contribution in [-0.2, 0) is 4.74 Å². The molecule has 0 bridgehead atoms. The van der Waals surface area contributed by atoms with Crippen LogP contribution in [0.2, 0.25) is 0 Å². The van der Waals surface area contributed by atoms with E-state index in [9.17, 15) is 4.79 Å². The summed E-state index contributed by atoms with van der Waals surface area (Å²) in [6, 6.07) is 1.81. The summed E-state index contributed by atoms with van der Waals surface area (Å²) in [5, 5.41) is 4.60. The van der Waals surface area contributed by atoms with Crippen molar-refractivity contribution >= 4 is 11.9 Å². The van der Waals surface area contributed by atoms with Crippen LogP contribution in [0.3, 0.4) is 0 Å². The number of hydrogen-bond acceptors (Lipinski definition) is 5. The summed E-state index contributed by atoms with van der Waals surface area (Å²) in [6.07, 6.45) is 2.56. The molecule has 0 radical (unpaired) electrons. The molecular weight excluding hydrogens is 306 g/mol. The highest BCUT2D eigenvalue weighted by atomic mass is 16.6. The van der Waals surface area contributed by atoms with Crippen molar-refractivity contribution < 1.29 is 9.53 Å². The molecule has 7 nitrogen and oxygen atoms in total. The third-order valence-corrected chi connectivity index (χ3v) is 4.06. The number of hydrogen-bond donors (Lipinski definition) is 0. The SMILES string of the molecule is Cc1cc(C)n2nc(C3CCCCN3C(=O)OC(C)(C)C)nc2n1. The van der Waals surface area contributed by atoms with Crippen LogP contribution in [0.5, 0.6) is 0 Å². The highest BCUT2D eigenvalue weighted by Crippen LogP contribution is 2.30. The van der Waals surface area contributed by atoms with E-state index in [0.717, 1.165) is 30.7 Å². The molecule has 2 aromatic rings. The Kier molecular flexibility index (Phi) is 4.19. The summed E-state index contributed by atoms with van der Waals surface area (Å²) in [5.41, 5.74) is 1.38. The number of piperidine rings is 1. The Morgan fingerprint density at radius 2 is 2.00 bits per heavy atom. The fourth-order valence-electron chi connectivity index (χ4n) is 3.06. The fraction of sp³-hybridized carbons (Fsp3) is 0.647. The number of carbonyl (C=O) groups excluding carboxylic acids is 1. The zero-order valence-corrected chi connectivity index (χ0v) is 15.0. The molecule has 24 heavy (non-hydrogen) atoms. The number of amides is 1. The molecule has 2 aromatic heterocycles. The van der Waals surface area contributed by atoms with Crippen molar-refractivity contribution in [1.29, 1.82) is 0 Å². The van der Waals surface area contributed by atoms with Gasteiger partial charge in [0.2, 0.25) is 0 Å². The van der Waals surface area contributed by atoms with E-state index in [2.05, 4.69) is 15.1 Å². The van der Waals surface area contributed by atoms with Crippen LogP contribution >= 0.6 is 0 Å². The van der Waals surface area contributed by atoms with E-state index in [1.165, 1.54) is 0 Å². The van der Waals surface area contributed by atoms with Gasteiger partial charge >= 0.3 is 6.09 Å². The summed E-state index contributed by atoms with van der Waals surface area (Å²) in [4.78, 5) is 23.3. The molecular formula is C17H25N5O2. The highest BCUT2D eigenvalue weighted by molar-refractivity contribution is 5.68. The molecule has 1 fully saturated rings. The van der Waals surface area contributed by atoms with Gasteiger partial charge in [0.05, 0.1) is 6.04 Å². The molecule has 1 atom stereocenters. The minimum absolute atomic E-state index is 0.157.